The van der Waals surface area contributed by atoms with E-state index >= 15 is 0 Å². The molecule has 0 saturated carbocycles. The molecule has 44 heavy (non-hydrogen) atoms. The molecule has 5 heteroatoms. The molecule has 0 radical (unpaired) electrons. The van der Waals surface area contributed by atoms with Crippen LogP contribution in [0.2, 0.25) is 0 Å². The molecule has 206 valence electrons. The Balaban J connectivity index is 1.23. The number of anilines is 1. The minimum Gasteiger partial charge on any atom is -0.340 e. The van der Waals surface area contributed by atoms with Crippen molar-refractivity contribution in [1.29, 1.82) is 5.26 Å². The van der Waals surface area contributed by atoms with Crippen LogP contribution in [0.1, 0.15) is 28.3 Å². The average molecular weight is 581 g/mol. The molecule has 1 unspecified atom stereocenters. The van der Waals surface area contributed by atoms with E-state index in [1.54, 1.807) is 0 Å². The number of nitriles is 1. The highest BCUT2D eigenvalue weighted by molar-refractivity contribution is 7.25. The SMILES string of the molecule is N#Cc1cccc2c1C(c1ccc(-n3c4ccccc4c4cc5sc6ccccc6c5cc43)cc1)N=C(c1ccccc1)N2. The van der Waals surface area contributed by atoms with Crippen LogP contribution in [0.25, 0.3) is 47.7 Å². The number of thiophene rings is 1. The van der Waals surface area contributed by atoms with Crippen LogP contribution in [0.15, 0.2) is 138 Å². The molecule has 2 aromatic heterocycles. The summed E-state index contributed by atoms with van der Waals surface area (Å²) >= 11 is 1.85. The number of benzene rings is 6. The van der Waals surface area contributed by atoms with Crippen LogP contribution in [-0.2, 0) is 0 Å². The molecule has 3 heterocycles. The fraction of sp³-hybridized carbons (Fsp3) is 0.0256. The van der Waals surface area contributed by atoms with E-state index in [0.717, 1.165) is 33.9 Å². The maximum atomic E-state index is 10.0. The van der Waals surface area contributed by atoms with Crippen molar-refractivity contribution in [3.8, 4) is 11.8 Å². The number of hydrogen-bond donors (Lipinski definition) is 1. The summed E-state index contributed by atoms with van der Waals surface area (Å²) in [4.78, 5) is 5.17. The number of nitrogens with one attached hydrogen (secondary N) is 1. The second-order valence-electron chi connectivity index (χ2n) is 11.2. The second-order valence-corrected chi connectivity index (χ2v) is 12.2. The Morgan fingerprint density at radius 3 is 2.27 bits per heavy atom. The van der Waals surface area contributed by atoms with Gasteiger partial charge in [-0.1, -0.05) is 84.9 Å². The Bertz CT molecular complexity index is 2480. The predicted molar refractivity (Wildman–Crippen MR) is 183 cm³/mol. The summed E-state index contributed by atoms with van der Waals surface area (Å²) in [6, 6.07) is 48.8. The highest BCUT2D eigenvalue weighted by atomic mass is 32.1. The smallest absolute Gasteiger partial charge is 0.133 e. The Morgan fingerprint density at radius 1 is 0.659 bits per heavy atom. The molecule has 6 aromatic carbocycles. The quantitative estimate of drug-likeness (QED) is 0.226. The molecule has 9 rings (SSSR count). The number of aliphatic imine (C=N–C) groups is 1. The zero-order chi connectivity index (χ0) is 29.2. The fourth-order valence-corrected chi connectivity index (χ4v) is 7.80. The molecule has 0 aliphatic carbocycles. The van der Waals surface area contributed by atoms with Crippen LogP contribution in [0.4, 0.5) is 5.69 Å². The van der Waals surface area contributed by atoms with Gasteiger partial charge in [-0.3, -0.25) is 4.99 Å². The van der Waals surface area contributed by atoms with E-state index in [0.29, 0.717) is 5.56 Å². The molecule has 8 aromatic rings. The van der Waals surface area contributed by atoms with Gasteiger partial charge in [0.2, 0.25) is 0 Å². The zero-order valence-corrected chi connectivity index (χ0v) is 24.3. The lowest BCUT2D eigenvalue weighted by atomic mass is 9.91. The summed E-state index contributed by atoms with van der Waals surface area (Å²) in [5, 5.41) is 18.6. The minimum atomic E-state index is -0.304. The zero-order valence-electron chi connectivity index (χ0n) is 23.5. The number of para-hydroxylation sites is 1. The van der Waals surface area contributed by atoms with Crippen LogP contribution in [0.3, 0.4) is 0 Å². The molecule has 0 fully saturated rings. The molecule has 1 atom stereocenters. The van der Waals surface area contributed by atoms with Gasteiger partial charge in [0, 0.05) is 53.4 Å². The van der Waals surface area contributed by atoms with E-state index in [9.17, 15) is 5.26 Å². The van der Waals surface area contributed by atoms with Crippen molar-refractivity contribution in [2.24, 2.45) is 4.99 Å². The molecule has 0 bridgehead atoms. The Hall–Kier alpha value is -5.70. The lowest BCUT2D eigenvalue weighted by molar-refractivity contribution is 0.859. The number of amidine groups is 1. The van der Waals surface area contributed by atoms with E-state index in [4.69, 9.17) is 4.99 Å². The third-order valence-electron chi connectivity index (χ3n) is 8.70. The van der Waals surface area contributed by atoms with Crippen molar-refractivity contribution >= 4 is 64.8 Å². The molecule has 4 nitrogen and oxygen atoms in total. The number of rotatable bonds is 3. The average Bonchev–Trinajstić information content (AvgIpc) is 3.61. The van der Waals surface area contributed by atoms with Crippen LogP contribution >= 0.6 is 11.3 Å². The van der Waals surface area contributed by atoms with Gasteiger partial charge < -0.3 is 9.88 Å². The molecule has 0 amide bonds. The highest BCUT2D eigenvalue weighted by Gasteiger charge is 2.27. The standard InChI is InChI=1S/C39H24N4S/c40-23-26-11-8-14-32-37(26)38(42-39(41-32)25-9-2-1-3-10-25)24-17-19-27(20-18-24)43-33-15-6-4-12-28(33)30-22-36-31(21-34(30)43)29-13-5-7-16-35(29)44-36/h1-22,38H,(H,41,42). The first kappa shape index (κ1) is 24.9. The molecule has 1 aliphatic rings. The number of aromatic nitrogens is 1. The van der Waals surface area contributed by atoms with Gasteiger partial charge in [-0.2, -0.15) is 5.26 Å². The monoisotopic (exact) mass is 580 g/mol. The fourth-order valence-electron chi connectivity index (χ4n) is 6.67. The normalized spacial score (nSPS) is 14.4. The highest BCUT2D eigenvalue weighted by Crippen LogP contribution is 2.42. The van der Waals surface area contributed by atoms with Gasteiger partial charge >= 0.3 is 0 Å². The molecular weight excluding hydrogens is 557 g/mol. The Labute approximate surface area is 257 Å². The first-order valence-electron chi connectivity index (χ1n) is 14.6. The summed E-state index contributed by atoms with van der Waals surface area (Å²) in [6.45, 7) is 0. The van der Waals surface area contributed by atoms with Crippen molar-refractivity contribution in [1.82, 2.24) is 4.57 Å². The van der Waals surface area contributed by atoms with Crippen LogP contribution in [0.5, 0.6) is 0 Å². The van der Waals surface area contributed by atoms with Gasteiger partial charge in [0.1, 0.15) is 11.9 Å². The molecule has 0 spiro atoms. The summed E-state index contributed by atoms with van der Waals surface area (Å²) in [5.74, 6) is 0.802. The lowest BCUT2D eigenvalue weighted by Gasteiger charge is -2.27. The summed E-state index contributed by atoms with van der Waals surface area (Å²) in [5.41, 5.74) is 7.98. The van der Waals surface area contributed by atoms with Gasteiger partial charge in [0.25, 0.3) is 0 Å². The van der Waals surface area contributed by atoms with Gasteiger partial charge in [0.15, 0.2) is 0 Å². The first-order chi connectivity index (χ1) is 21.8. The second kappa shape index (κ2) is 9.67. The van der Waals surface area contributed by atoms with Crippen molar-refractivity contribution in [2.45, 2.75) is 6.04 Å². The van der Waals surface area contributed by atoms with Crippen LogP contribution in [0, 0.1) is 11.3 Å². The predicted octanol–water partition coefficient (Wildman–Crippen LogP) is 9.98. The number of hydrogen-bond acceptors (Lipinski definition) is 4. The van der Waals surface area contributed by atoms with Crippen LogP contribution < -0.4 is 5.32 Å². The minimum absolute atomic E-state index is 0.304. The van der Waals surface area contributed by atoms with E-state index in [1.165, 1.54) is 42.0 Å². The molecule has 0 saturated heterocycles. The summed E-state index contributed by atoms with van der Waals surface area (Å²) < 4.78 is 4.99. The van der Waals surface area contributed by atoms with E-state index < -0.39 is 0 Å². The maximum absolute atomic E-state index is 10.0. The molecule has 1 N–H and O–H groups in total. The third-order valence-corrected chi connectivity index (χ3v) is 9.83. The van der Waals surface area contributed by atoms with E-state index in [1.807, 2.05) is 47.7 Å². The van der Waals surface area contributed by atoms with Gasteiger partial charge in [-0.15, -0.1) is 11.3 Å². The third kappa shape index (κ3) is 3.72. The first-order valence-corrected chi connectivity index (χ1v) is 15.5. The Kier molecular flexibility index (Phi) is 5.46. The summed E-state index contributed by atoms with van der Waals surface area (Å²) in [6.07, 6.45) is 0. The van der Waals surface area contributed by atoms with Gasteiger partial charge in [-0.25, -0.2) is 0 Å². The summed E-state index contributed by atoms with van der Waals surface area (Å²) in [7, 11) is 0. The molecular formula is C39H24N4S. The van der Waals surface area contributed by atoms with Crippen molar-refractivity contribution in [3.63, 3.8) is 0 Å². The topological polar surface area (TPSA) is 53.1 Å². The lowest BCUT2D eigenvalue weighted by Crippen LogP contribution is -2.23. The number of nitrogens with zero attached hydrogens (tertiary/aromatic N) is 3. The van der Waals surface area contributed by atoms with Crippen molar-refractivity contribution in [2.75, 3.05) is 5.32 Å². The van der Waals surface area contributed by atoms with E-state index in [2.05, 4.69) is 113 Å². The van der Waals surface area contributed by atoms with E-state index in [-0.39, 0.29) is 6.04 Å². The van der Waals surface area contributed by atoms with Gasteiger partial charge in [0.05, 0.1) is 22.7 Å². The van der Waals surface area contributed by atoms with Crippen molar-refractivity contribution in [3.05, 3.63) is 156 Å². The van der Waals surface area contributed by atoms with Crippen LogP contribution in [-0.4, -0.2) is 10.4 Å². The number of fused-ring (bicyclic) bond motifs is 7. The largest absolute Gasteiger partial charge is 0.340 e. The Morgan fingerprint density at radius 2 is 1.43 bits per heavy atom. The maximum Gasteiger partial charge on any atom is 0.133 e. The van der Waals surface area contributed by atoms with Crippen molar-refractivity contribution < 1.29 is 0 Å². The van der Waals surface area contributed by atoms with Gasteiger partial charge in [-0.05, 0) is 54.1 Å². The molecule has 1 aliphatic heterocycles.